The van der Waals surface area contributed by atoms with E-state index in [1.165, 1.54) is 0 Å². The molecule has 32 heavy (non-hydrogen) atoms. The Kier molecular flexibility index (Phi) is 6.42. The average molecular weight is 451 g/mol. The number of ether oxygens (including phenoxy) is 1. The summed E-state index contributed by atoms with van der Waals surface area (Å²) in [4.78, 5) is 28.4. The van der Waals surface area contributed by atoms with Crippen LogP contribution in [0.3, 0.4) is 0 Å². The van der Waals surface area contributed by atoms with Crippen molar-refractivity contribution in [1.82, 2.24) is 19.9 Å². The number of hydrogen-bond acceptors (Lipinski definition) is 5. The number of halogens is 1. The van der Waals surface area contributed by atoms with Crippen LogP contribution >= 0.6 is 11.6 Å². The molecule has 1 unspecified atom stereocenters. The molecule has 0 spiro atoms. The summed E-state index contributed by atoms with van der Waals surface area (Å²) in [6.07, 6.45) is 7.25. The van der Waals surface area contributed by atoms with Gasteiger partial charge in [-0.1, -0.05) is 11.6 Å². The quantitative estimate of drug-likeness (QED) is 0.536. The number of rotatable bonds is 5. The van der Waals surface area contributed by atoms with Crippen LogP contribution < -0.4 is 4.74 Å². The van der Waals surface area contributed by atoms with Crippen LogP contribution in [0.5, 0.6) is 5.75 Å². The Labute approximate surface area is 193 Å². The van der Waals surface area contributed by atoms with E-state index in [0.717, 1.165) is 51.4 Å². The summed E-state index contributed by atoms with van der Waals surface area (Å²) in [6.45, 7) is 8.42. The van der Waals surface area contributed by atoms with E-state index in [-0.39, 0.29) is 18.6 Å². The topological polar surface area (TPSA) is 68.2 Å². The third kappa shape index (κ3) is 4.46. The van der Waals surface area contributed by atoms with E-state index in [1.54, 1.807) is 6.20 Å². The van der Waals surface area contributed by atoms with Gasteiger partial charge >= 0.3 is 0 Å². The van der Waals surface area contributed by atoms with E-state index >= 15 is 0 Å². The van der Waals surface area contributed by atoms with E-state index in [4.69, 9.17) is 21.3 Å². The maximum Gasteiger partial charge on any atom is 0.261 e. The molecule has 1 aromatic carbocycles. The van der Waals surface area contributed by atoms with Gasteiger partial charge in [0.2, 0.25) is 0 Å². The highest BCUT2D eigenvalue weighted by molar-refractivity contribution is 6.32. The Morgan fingerprint density at radius 3 is 2.59 bits per heavy atom. The van der Waals surface area contributed by atoms with Gasteiger partial charge in [-0.25, -0.2) is 9.97 Å². The molecule has 1 aliphatic rings. The van der Waals surface area contributed by atoms with Crippen molar-refractivity contribution in [3.63, 3.8) is 0 Å². The maximum absolute atomic E-state index is 13.2. The summed E-state index contributed by atoms with van der Waals surface area (Å²) in [5, 5.41) is 0.723. The van der Waals surface area contributed by atoms with Crippen molar-refractivity contribution in [1.29, 1.82) is 0 Å². The number of amides is 1. The van der Waals surface area contributed by atoms with Crippen molar-refractivity contribution >= 4 is 17.5 Å². The summed E-state index contributed by atoms with van der Waals surface area (Å²) >= 11 is 6.25. The molecule has 1 atom stereocenters. The van der Waals surface area contributed by atoms with Crippen LogP contribution in [0.25, 0.3) is 11.1 Å². The Bertz CT molecular complexity index is 1140. The smallest absolute Gasteiger partial charge is 0.261 e. The minimum Gasteiger partial charge on any atom is -0.484 e. The monoisotopic (exact) mass is 450 g/mol. The fourth-order valence-electron chi connectivity index (χ4n) is 4.29. The highest BCUT2D eigenvalue weighted by Gasteiger charge is 2.33. The van der Waals surface area contributed by atoms with Gasteiger partial charge in [-0.15, -0.1) is 0 Å². The van der Waals surface area contributed by atoms with Crippen molar-refractivity contribution in [3.8, 4) is 16.9 Å². The number of likely N-dealkylation sites (tertiary alicyclic amines) is 1. The number of aryl methyl sites for hydroxylation is 4. The van der Waals surface area contributed by atoms with Crippen molar-refractivity contribution in [2.45, 2.75) is 46.6 Å². The lowest BCUT2D eigenvalue weighted by atomic mass is 9.97. The van der Waals surface area contributed by atoms with Crippen molar-refractivity contribution < 1.29 is 9.53 Å². The molecule has 1 amide bonds. The number of nitrogens with zero attached hydrogens (tertiary/aromatic N) is 4. The lowest BCUT2D eigenvalue weighted by molar-refractivity contribution is -0.134. The first-order chi connectivity index (χ1) is 15.3. The molecule has 1 aliphatic heterocycles. The SMILES string of the molecule is Cc1ncc(-c2ccncc2C)c(C2CCCN2C(=O)COc2cc(C)c(Cl)c(C)c2)n1. The maximum atomic E-state index is 13.2. The lowest BCUT2D eigenvalue weighted by Crippen LogP contribution is -2.35. The Hall–Kier alpha value is -2.99. The van der Waals surface area contributed by atoms with Gasteiger partial charge in [-0.05, 0) is 81.0 Å². The van der Waals surface area contributed by atoms with Gasteiger partial charge in [0.25, 0.3) is 5.91 Å². The van der Waals surface area contributed by atoms with Crippen molar-refractivity contribution in [3.05, 3.63) is 70.0 Å². The van der Waals surface area contributed by atoms with E-state index in [9.17, 15) is 4.79 Å². The molecule has 1 saturated heterocycles. The summed E-state index contributed by atoms with van der Waals surface area (Å²) < 4.78 is 5.85. The minimum atomic E-state index is -0.107. The first kappa shape index (κ1) is 22.2. The molecular formula is C25H27ClN4O2. The molecule has 166 valence electrons. The number of aromatic nitrogens is 3. The highest BCUT2D eigenvalue weighted by Crippen LogP contribution is 2.37. The van der Waals surface area contributed by atoms with Gasteiger partial charge in [0, 0.05) is 35.7 Å². The summed E-state index contributed by atoms with van der Waals surface area (Å²) in [6, 6.07) is 5.59. The Morgan fingerprint density at radius 1 is 1.12 bits per heavy atom. The van der Waals surface area contributed by atoms with Gasteiger partial charge in [0.1, 0.15) is 11.6 Å². The first-order valence-electron chi connectivity index (χ1n) is 10.8. The zero-order valence-electron chi connectivity index (χ0n) is 18.9. The van der Waals surface area contributed by atoms with Gasteiger partial charge in [0.15, 0.2) is 6.61 Å². The molecule has 3 heterocycles. The number of pyridine rings is 1. The second-order valence-electron chi connectivity index (χ2n) is 8.31. The Morgan fingerprint density at radius 2 is 1.88 bits per heavy atom. The molecular weight excluding hydrogens is 424 g/mol. The van der Waals surface area contributed by atoms with Crippen LogP contribution in [-0.2, 0) is 4.79 Å². The average Bonchev–Trinajstić information content (AvgIpc) is 3.26. The van der Waals surface area contributed by atoms with E-state index < -0.39 is 0 Å². The summed E-state index contributed by atoms with van der Waals surface area (Å²) in [7, 11) is 0. The van der Waals surface area contributed by atoms with E-state index in [0.29, 0.717) is 18.1 Å². The zero-order valence-corrected chi connectivity index (χ0v) is 19.6. The third-order valence-electron chi connectivity index (χ3n) is 5.91. The lowest BCUT2D eigenvalue weighted by Gasteiger charge is -2.26. The molecule has 2 aromatic heterocycles. The molecule has 3 aromatic rings. The van der Waals surface area contributed by atoms with E-state index in [2.05, 4.69) is 9.97 Å². The summed E-state index contributed by atoms with van der Waals surface area (Å²) in [5.41, 5.74) is 5.79. The van der Waals surface area contributed by atoms with Crippen LogP contribution in [0.1, 0.15) is 47.1 Å². The molecule has 6 nitrogen and oxygen atoms in total. The van der Waals surface area contributed by atoms with Crippen molar-refractivity contribution in [2.24, 2.45) is 0 Å². The molecule has 0 aliphatic carbocycles. The molecule has 1 fully saturated rings. The predicted molar refractivity (Wildman–Crippen MR) is 125 cm³/mol. The molecule has 0 saturated carbocycles. The van der Waals surface area contributed by atoms with Gasteiger partial charge in [-0.2, -0.15) is 0 Å². The highest BCUT2D eigenvalue weighted by atomic mass is 35.5. The molecule has 0 radical (unpaired) electrons. The number of carbonyl (C=O) groups excluding carboxylic acids is 1. The number of hydrogen-bond donors (Lipinski definition) is 0. The number of carbonyl (C=O) groups is 1. The van der Waals surface area contributed by atoms with Crippen LogP contribution in [0, 0.1) is 27.7 Å². The normalized spacial score (nSPS) is 15.8. The Balaban J connectivity index is 1.58. The first-order valence-corrected chi connectivity index (χ1v) is 11.2. The molecule has 0 bridgehead atoms. The van der Waals surface area contributed by atoms with E-state index in [1.807, 2.05) is 63.2 Å². The fraction of sp³-hybridized carbons (Fsp3) is 0.360. The zero-order chi connectivity index (χ0) is 22.8. The number of benzene rings is 1. The van der Waals surface area contributed by atoms with Gasteiger partial charge < -0.3 is 9.64 Å². The van der Waals surface area contributed by atoms with Crippen LogP contribution in [0.15, 0.2) is 36.8 Å². The largest absolute Gasteiger partial charge is 0.484 e. The van der Waals surface area contributed by atoms with Crippen LogP contribution in [0.4, 0.5) is 0 Å². The second kappa shape index (κ2) is 9.25. The minimum absolute atomic E-state index is 0.0231. The third-order valence-corrected chi connectivity index (χ3v) is 6.51. The summed E-state index contributed by atoms with van der Waals surface area (Å²) in [5.74, 6) is 1.30. The fourth-order valence-corrected chi connectivity index (χ4v) is 4.40. The molecule has 4 rings (SSSR count). The second-order valence-corrected chi connectivity index (χ2v) is 8.69. The van der Waals surface area contributed by atoms with Crippen LogP contribution in [0.2, 0.25) is 5.02 Å². The standard InChI is InChI=1S/C25H27ClN4O2/c1-15-10-19(11-16(2)24(15)26)32-14-23(31)30-9-5-6-22(30)25-21(13-28-18(4)29-25)20-7-8-27-12-17(20)3/h7-8,10-13,22H,5-6,9,14H2,1-4H3. The molecule has 0 N–H and O–H groups in total. The van der Waals surface area contributed by atoms with Gasteiger partial charge in [0.05, 0.1) is 11.7 Å². The predicted octanol–water partition coefficient (Wildman–Crippen LogP) is 5.17. The molecule has 7 heteroatoms. The van der Waals surface area contributed by atoms with Crippen LogP contribution in [-0.4, -0.2) is 38.9 Å². The van der Waals surface area contributed by atoms with Gasteiger partial charge in [-0.3, -0.25) is 9.78 Å². The van der Waals surface area contributed by atoms with Crippen molar-refractivity contribution in [2.75, 3.05) is 13.2 Å².